The van der Waals surface area contributed by atoms with Crippen LogP contribution in [0.15, 0.2) is 54.6 Å². The molecule has 1 aliphatic rings. The minimum atomic E-state index is -4.67. The molecule has 2 amide bonds. The van der Waals surface area contributed by atoms with E-state index in [2.05, 4.69) is 12.2 Å². The van der Waals surface area contributed by atoms with Crippen molar-refractivity contribution in [3.63, 3.8) is 0 Å². The molecule has 0 aromatic heterocycles. The van der Waals surface area contributed by atoms with Crippen LogP contribution in [0.25, 0.3) is 6.08 Å². The normalized spacial score (nSPS) is 16.7. The summed E-state index contributed by atoms with van der Waals surface area (Å²) in [5, 5.41) is 2.40. The van der Waals surface area contributed by atoms with Crippen molar-refractivity contribution in [1.82, 2.24) is 14.5 Å². The van der Waals surface area contributed by atoms with Crippen LogP contribution >= 0.6 is 0 Å². The molecular formula is C31H37F6N3O4S. The zero-order valence-electron chi connectivity index (χ0n) is 24.8. The zero-order chi connectivity index (χ0) is 33.3. The van der Waals surface area contributed by atoms with Crippen molar-refractivity contribution in [3.05, 3.63) is 76.9 Å². The maximum Gasteiger partial charge on any atom is 0.416 e. The fourth-order valence-electron chi connectivity index (χ4n) is 5.04. The smallest absolute Gasteiger partial charge is 0.351 e. The summed E-state index contributed by atoms with van der Waals surface area (Å²) >= 11 is 0. The molecule has 1 atom stereocenters. The van der Waals surface area contributed by atoms with Crippen LogP contribution in [0.3, 0.4) is 0 Å². The topological polar surface area (TPSA) is 86.8 Å². The number of sulfonamides is 1. The summed E-state index contributed by atoms with van der Waals surface area (Å²) in [5.41, 5.74) is -1.95. The van der Waals surface area contributed by atoms with E-state index in [9.17, 15) is 44.3 Å². The lowest BCUT2D eigenvalue weighted by atomic mass is 10.1. The van der Waals surface area contributed by atoms with E-state index in [1.54, 1.807) is 0 Å². The molecule has 14 heteroatoms. The minimum absolute atomic E-state index is 0.0951. The number of alkyl halides is 6. The first kappa shape index (κ1) is 36.1. The van der Waals surface area contributed by atoms with Crippen LogP contribution in [-0.4, -0.2) is 60.9 Å². The van der Waals surface area contributed by atoms with Crippen LogP contribution in [0.1, 0.15) is 67.7 Å². The quantitative estimate of drug-likeness (QED) is 0.156. The molecule has 0 radical (unpaired) electrons. The first-order valence-corrected chi connectivity index (χ1v) is 16.3. The van der Waals surface area contributed by atoms with Crippen LogP contribution in [-0.2, 0) is 38.5 Å². The van der Waals surface area contributed by atoms with E-state index in [4.69, 9.17) is 0 Å². The first-order chi connectivity index (χ1) is 21.1. The maximum atomic E-state index is 13.5. The van der Waals surface area contributed by atoms with E-state index >= 15 is 0 Å². The zero-order valence-corrected chi connectivity index (χ0v) is 25.6. The summed E-state index contributed by atoms with van der Waals surface area (Å²) in [7, 11) is -3.98. The monoisotopic (exact) mass is 661 g/mol. The van der Waals surface area contributed by atoms with E-state index in [-0.39, 0.29) is 30.0 Å². The SMILES string of the molecule is CCCCCCCCS(=O)(=O)N1CCN(C(=O)/C=C/c2cccc(C(F)(F)F)c2)CC1C(=O)NCc1ccccc1C(F)(F)F. The van der Waals surface area contributed by atoms with Crippen molar-refractivity contribution in [1.29, 1.82) is 0 Å². The summed E-state index contributed by atoms with van der Waals surface area (Å²) in [5.74, 6) is -1.78. The van der Waals surface area contributed by atoms with Crippen molar-refractivity contribution >= 4 is 27.9 Å². The standard InChI is InChI=1S/C31H37F6N3O4S/c1-2-3-4-5-6-9-19-45(43,44)40-18-17-39(28(41)16-15-23-11-10-13-25(20-23)30(32,33)34)22-27(40)29(42)38-21-24-12-7-8-14-26(24)31(35,36)37/h7-8,10-16,20,27H,2-6,9,17-19,21-22H2,1H3,(H,38,42)/b16-15+. The molecule has 1 N–H and O–H groups in total. The van der Waals surface area contributed by atoms with E-state index in [1.165, 1.54) is 41.3 Å². The lowest BCUT2D eigenvalue weighted by Crippen LogP contribution is -2.61. The maximum absolute atomic E-state index is 13.5. The number of rotatable bonds is 13. The second kappa shape index (κ2) is 15.7. The van der Waals surface area contributed by atoms with Crippen LogP contribution in [0.4, 0.5) is 26.3 Å². The number of amides is 2. The van der Waals surface area contributed by atoms with Crippen molar-refractivity contribution in [3.8, 4) is 0 Å². The van der Waals surface area contributed by atoms with Gasteiger partial charge in [0, 0.05) is 32.3 Å². The Morgan fingerprint density at radius 2 is 1.60 bits per heavy atom. The van der Waals surface area contributed by atoms with Gasteiger partial charge in [0.05, 0.1) is 16.9 Å². The van der Waals surface area contributed by atoms with Crippen LogP contribution in [0.2, 0.25) is 0 Å². The average molecular weight is 662 g/mol. The Morgan fingerprint density at radius 3 is 2.29 bits per heavy atom. The third kappa shape index (κ3) is 10.6. The number of hydrogen-bond donors (Lipinski definition) is 1. The van der Waals surface area contributed by atoms with Gasteiger partial charge < -0.3 is 10.2 Å². The molecule has 45 heavy (non-hydrogen) atoms. The minimum Gasteiger partial charge on any atom is -0.351 e. The molecule has 1 fully saturated rings. The Morgan fingerprint density at radius 1 is 0.911 bits per heavy atom. The Balaban J connectivity index is 1.78. The number of halogens is 6. The van der Waals surface area contributed by atoms with Gasteiger partial charge in [-0.25, -0.2) is 8.42 Å². The second-order valence-corrected chi connectivity index (χ2v) is 12.9. The molecular weight excluding hydrogens is 624 g/mol. The van der Waals surface area contributed by atoms with Crippen LogP contribution < -0.4 is 5.32 Å². The third-order valence-corrected chi connectivity index (χ3v) is 9.42. The molecule has 1 saturated heterocycles. The highest BCUT2D eigenvalue weighted by Gasteiger charge is 2.40. The fourth-order valence-corrected chi connectivity index (χ4v) is 6.75. The molecule has 0 aliphatic carbocycles. The predicted octanol–water partition coefficient (Wildman–Crippen LogP) is 6.26. The Kier molecular flexibility index (Phi) is 12.6. The van der Waals surface area contributed by atoms with Gasteiger partial charge in [-0.2, -0.15) is 30.6 Å². The Labute approximate surface area is 259 Å². The number of nitrogens with zero attached hydrogens (tertiary/aromatic N) is 2. The predicted molar refractivity (Wildman–Crippen MR) is 158 cm³/mol. The highest BCUT2D eigenvalue weighted by molar-refractivity contribution is 7.89. The van der Waals surface area contributed by atoms with E-state index < -0.39 is 64.4 Å². The lowest BCUT2D eigenvalue weighted by molar-refractivity contribution is -0.139. The molecule has 0 bridgehead atoms. The van der Waals surface area contributed by atoms with Gasteiger partial charge in [0.15, 0.2) is 0 Å². The van der Waals surface area contributed by atoms with E-state index in [1.807, 2.05) is 0 Å². The van der Waals surface area contributed by atoms with Crippen molar-refractivity contribution < 1.29 is 44.3 Å². The van der Waals surface area contributed by atoms with Gasteiger partial charge in [-0.3, -0.25) is 9.59 Å². The van der Waals surface area contributed by atoms with Gasteiger partial charge in [0.1, 0.15) is 6.04 Å². The summed E-state index contributed by atoms with van der Waals surface area (Å²) in [6.07, 6.45) is -2.12. The number of nitrogens with one attached hydrogen (secondary N) is 1. The van der Waals surface area contributed by atoms with Gasteiger partial charge in [-0.1, -0.05) is 69.4 Å². The molecule has 1 aliphatic heterocycles. The second-order valence-electron chi connectivity index (χ2n) is 10.8. The highest BCUT2D eigenvalue weighted by atomic mass is 32.2. The Hall–Kier alpha value is -3.39. The molecule has 1 unspecified atom stereocenters. The largest absolute Gasteiger partial charge is 0.416 e. The Bertz CT molecular complexity index is 1440. The van der Waals surface area contributed by atoms with Crippen LogP contribution in [0, 0.1) is 0 Å². The van der Waals surface area contributed by atoms with E-state index in [0.717, 1.165) is 54.3 Å². The van der Waals surface area contributed by atoms with Crippen molar-refractivity contribution in [2.75, 3.05) is 25.4 Å². The summed E-state index contributed by atoms with van der Waals surface area (Å²) in [6, 6.07) is 7.56. The number of benzene rings is 2. The fraction of sp³-hybridized carbons (Fsp3) is 0.484. The first-order valence-electron chi connectivity index (χ1n) is 14.7. The summed E-state index contributed by atoms with van der Waals surface area (Å²) < 4.78 is 107. The number of unbranched alkanes of at least 4 members (excludes halogenated alkanes) is 5. The molecule has 7 nitrogen and oxygen atoms in total. The number of hydrogen-bond acceptors (Lipinski definition) is 4. The molecule has 2 aromatic rings. The number of carbonyl (C=O) groups is 2. The molecule has 248 valence electrons. The van der Waals surface area contributed by atoms with Crippen LogP contribution in [0.5, 0.6) is 0 Å². The molecule has 2 aromatic carbocycles. The summed E-state index contributed by atoms with van der Waals surface area (Å²) in [4.78, 5) is 27.5. The molecule has 3 rings (SSSR count). The van der Waals surface area contributed by atoms with Gasteiger partial charge >= 0.3 is 12.4 Å². The van der Waals surface area contributed by atoms with Gasteiger partial charge in [-0.15, -0.1) is 0 Å². The average Bonchev–Trinajstić information content (AvgIpc) is 2.99. The third-order valence-electron chi connectivity index (χ3n) is 7.47. The number of carbonyl (C=O) groups excluding carboxylic acids is 2. The molecule has 0 saturated carbocycles. The van der Waals surface area contributed by atoms with Gasteiger partial charge in [-0.05, 0) is 41.8 Å². The van der Waals surface area contributed by atoms with Gasteiger partial charge in [0.25, 0.3) is 0 Å². The molecule has 1 heterocycles. The van der Waals surface area contributed by atoms with Crippen molar-refractivity contribution in [2.45, 2.75) is 70.4 Å². The van der Waals surface area contributed by atoms with E-state index in [0.29, 0.717) is 12.8 Å². The van der Waals surface area contributed by atoms with Crippen molar-refractivity contribution in [2.24, 2.45) is 0 Å². The highest BCUT2D eigenvalue weighted by Crippen LogP contribution is 2.32. The van der Waals surface area contributed by atoms with Gasteiger partial charge in [0.2, 0.25) is 21.8 Å². The summed E-state index contributed by atoms with van der Waals surface area (Å²) in [6.45, 7) is 0.803. The number of piperazine rings is 1. The molecule has 0 spiro atoms. The lowest BCUT2D eigenvalue weighted by Gasteiger charge is -2.39.